The van der Waals surface area contributed by atoms with Gasteiger partial charge in [-0.15, -0.1) is 0 Å². The van der Waals surface area contributed by atoms with Crippen molar-refractivity contribution < 1.29 is 17.6 Å². The van der Waals surface area contributed by atoms with Crippen LogP contribution in [0.5, 0.6) is 0 Å². The number of aromatic nitrogens is 2. The lowest BCUT2D eigenvalue weighted by Crippen LogP contribution is -2.25. The van der Waals surface area contributed by atoms with Crippen LogP contribution < -0.4 is 5.32 Å². The molecule has 0 amide bonds. The first kappa shape index (κ1) is 18.7. The molecule has 2 aromatic carbocycles. The van der Waals surface area contributed by atoms with Crippen LogP contribution in [0.3, 0.4) is 0 Å². The van der Waals surface area contributed by atoms with Crippen LogP contribution >= 0.6 is 0 Å². The standard InChI is InChI=1S/C21H19F4N3/c1-13-5-6-15(18(22)9-13)12-28-19-7-8-26-11-17(19)20(27-28)14-3-2-4-16(10-14)21(23,24)25/h2-6,9-10,26H,7-8,11-12H2,1H3. The predicted molar refractivity (Wildman–Crippen MR) is 98.3 cm³/mol. The summed E-state index contributed by atoms with van der Waals surface area (Å²) in [5.74, 6) is -0.307. The molecule has 0 bridgehead atoms. The average molecular weight is 389 g/mol. The van der Waals surface area contributed by atoms with Crippen molar-refractivity contribution in [2.75, 3.05) is 6.54 Å². The third-order valence-corrected chi connectivity index (χ3v) is 5.00. The Balaban J connectivity index is 1.78. The van der Waals surface area contributed by atoms with Gasteiger partial charge in [0.1, 0.15) is 5.82 Å². The second-order valence-electron chi connectivity index (χ2n) is 7.03. The molecule has 1 aliphatic rings. The molecule has 0 radical (unpaired) electrons. The minimum atomic E-state index is -4.41. The van der Waals surface area contributed by atoms with Gasteiger partial charge in [0.05, 0.1) is 17.8 Å². The lowest BCUT2D eigenvalue weighted by atomic mass is 10.0. The van der Waals surface area contributed by atoms with Gasteiger partial charge in [0, 0.05) is 41.9 Å². The Hall–Kier alpha value is -2.67. The monoisotopic (exact) mass is 389 g/mol. The molecule has 1 aromatic heterocycles. The van der Waals surface area contributed by atoms with Gasteiger partial charge in [0.2, 0.25) is 0 Å². The molecule has 3 aromatic rings. The lowest BCUT2D eigenvalue weighted by molar-refractivity contribution is -0.137. The van der Waals surface area contributed by atoms with Crippen molar-refractivity contribution in [1.29, 1.82) is 0 Å². The zero-order valence-electron chi connectivity index (χ0n) is 15.3. The van der Waals surface area contributed by atoms with Gasteiger partial charge >= 0.3 is 6.18 Å². The van der Waals surface area contributed by atoms with E-state index in [0.717, 1.165) is 35.5 Å². The highest BCUT2D eigenvalue weighted by atomic mass is 19.4. The first-order valence-electron chi connectivity index (χ1n) is 9.05. The van der Waals surface area contributed by atoms with Crippen molar-refractivity contribution in [3.8, 4) is 11.3 Å². The average Bonchev–Trinajstić information content (AvgIpc) is 3.02. The smallest absolute Gasteiger partial charge is 0.312 e. The lowest BCUT2D eigenvalue weighted by Gasteiger charge is -2.16. The van der Waals surface area contributed by atoms with E-state index < -0.39 is 11.7 Å². The number of halogens is 4. The fourth-order valence-corrected chi connectivity index (χ4v) is 3.57. The molecule has 2 heterocycles. The van der Waals surface area contributed by atoms with E-state index in [1.807, 2.05) is 13.0 Å². The Labute approximate surface area is 160 Å². The van der Waals surface area contributed by atoms with E-state index in [-0.39, 0.29) is 12.4 Å². The normalized spacial score (nSPS) is 14.2. The van der Waals surface area contributed by atoms with Gasteiger partial charge in [0.15, 0.2) is 0 Å². The molecular formula is C21H19F4N3. The summed E-state index contributed by atoms with van der Waals surface area (Å²) < 4.78 is 55.4. The van der Waals surface area contributed by atoms with Crippen LogP contribution in [0.25, 0.3) is 11.3 Å². The summed E-state index contributed by atoms with van der Waals surface area (Å²) in [6.45, 7) is 3.34. The number of nitrogens with one attached hydrogen (secondary N) is 1. The molecular weight excluding hydrogens is 370 g/mol. The third-order valence-electron chi connectivity index (χ3n) is 5.00. The van der Waals surface area contributed by atoms with Gasteiger partial charge in [-0.3, -0.25) is 4.68 Å². The van der Waals surface area contributed by atoms with Gasteiger partial charge in [0.25, 0.3) is 0 Å². The third kappa shape index (κ3) is 3.54. The van der Waals surface area contributed by atoms with E-state index in [9.17, 15) is 17.6 Å². The molecule has 1 N–H and O–H groups in total. The Bertz CT molecular complexity index is 1020. The molecule has 0 aliphatic carbocycles. The number of benzene rings is 2. The number of fused-ring (bicyclic) bond motifs is 1. The Morgan fingerprint density at radius 1 is 1.14 bits per heavy atom. The van der Waals surface area contributed by atoms with E-state index in [0.29, 0.717) is 29.8 Å². The van der Waals surface area contributed by atoms with Crippen molar-refractivity contribution in [3.63, 3.8) is 0 Å². The number of hydrogen-bond donors (Lipinski definition) is 1. The summed E-state index contributed by atoms with van der Waals surface area (Å²) in [5, 5.41) is 7.83. The summed E-state index contributed by atoms with van der Waals surface area (Å²) in [6, 6.07) is 10.2. The van der Waals surface area contributed by atoms with Crippen LogP contribution in [0.4, 0.5) is 17.6 Å². The van der Waals surface area contributed by atoms with E-state index in [1.165, 1.54) is 12.1 Å². The highest BCUT2D eigenvalue weighted by molar-refractivity contribution is 5.65. The first-order chi connectivity index (χ1) is 13.3. The zero-order valence-corrected chi connectivity index (χ0v) is 15.3. The van der Waals surface area contributed by atoms with Crippen LogP contribution in [0.1, 0.15) is 27.9 Å². The van der Waals surface area contributed by atoms with Crippen LogP contribution in [0.2, 0.25) is 0 Å². The van der Waals surface area contributed by atoms with Gasteiger partial charge < -0.3 is 5.32 Å². The Morgan fingerprint density at radius 3 is 2.71 bits per heavy atom. The zero-order chi connectivity index (χ0) is 19.9. The molecule has 0 saturated carbocycles. The first-order valence-corrected chi connectivity index (χ1v) is 9.05. The van der Waals surface area contributed by atoms with Gasteiger partial charge in [-0.25, -0.2) is 4.39 Å². The minimum absolute atomic E-state index is 0.243. The summed E-state index contributed by atoms with van der Waals surface area (Å²) in [4.78, 5) is 0. The largest absolute Gasteiger partial charge is 0.416 e. The highest BCUT2D eigenvalue weighted by Crippen LogP contribution is 2.34. The Kier molecular flexibility index (Phi) is 4.71. The van der Waals surface area contributed by atoms with Gasteiger partial charge in [-0.1, -0.05) is 24.3 Å². The Morgan fingerprint density at radius 2 is 1.96 bits per heavy atom. The maximum atomic E-state index is 14.3. The number of aryl methyl sites for hydroxylation is 1. The molecule has 0 fully saturated rings. The highest BCUT2D eigenvalue weighted by Gasteiger charge is 2.31. The van der Waals surface area contributed by atoms with Crippen molar-refractivity contribution in [1.82, 2.24) is 15.1 Å². The number of rotatable bonds is 3. The summed E-state index contributed by atoms with van der Waals surface area (Å²) in [5.41, 5.74) is 3.37. The molecule has 7 heteroatoms. The van der Waals surface area contributed by atoms with Crippen molar-refractivity contribution >= 4 is 0 Å². The molecule has 0 spiro atoms. The maximum Gasteiger partial charge on any atom is 0.416 e. The SMILES string of the molecule is Cc1ccc(Cn2nc(-c3cccc(C(F)(F)F)c3)c3c2CCNC3)c(F)c1. The molecule has 3 nitrogen and oxygen atoms in total. The van der Waals surface area contributed by atoms with Crippen LogP contribution in [0, 0.1) is 12.7 Å². The van der Waals surface area contributed by atoms with Gasteiger partial charge in [-0.05, 0) is 30.7 Å². The molecule has 146 valence electrons. The summed E-state index contributed by atoms with van der Waals surface area (Å²) >= 11 is 0. The van der Waals surface area contributed by atoms with Crippen molar-refractivity contribution in [2.24, 2.45) is 0 Å². The van der Waals surface area contributed by atoms with E-state index in [4.69, 9.17) is 0 Å². The van der Waals surface area contributed by atoms with Crippen molar-refractivity contribution in [2.45, 2.75) is 32.6 Å². The fourth-order valence-electron chi connectivity index (χ4n) is 3.57. The summed E-state index contributed by atoms with van der Waals surface area (Å²) in [6.07, 6.45) is -3.73. The second-order valence-corrected chi connectivity index (χ2v) is 7.03. The minimum Gasteiger partial charge on any atom is -0.312 e. The quantitative estimate of drug-likeness (QED) is 0.658. The molecule has 0 unspecified atom stereocenters. The number of alkyl halides is 3. The molecule has 28 heavy (non-hydrogen) atoms. The second kappa shape index (κ2) is 7.05. The molecule has 0 saturated heterocycles. The maximum absolute atomic E-state index is 14.3. The van der Waals surface area contributed by atoms with Crippen molar-refractivity contribution in [3.05, 3.63) is 76.2 Å². The molecule has 0 atom stereocenters. The predicted octanol–water partition coefficient (Wildman–Crippen LogP) is 4.71. The van der Waals surface area contributed by atoms with E-state index in [2.05, 4.69) is 10.4 Å². The van der Waals surface area contributed by atoms with Crippen LogP contribution in [0.15, 0.2) is 42.5 Å². The fraction of sp³-hybridized carbons (Fsp3) is 0.286. The molecule has 1 aliphatic heterocycles. The molecule has 4 rings (SSSR count). The topological polar surface area (TPSA) is 29.9 Å². The number of nitrogens with zero attached hydrogens (tertiary/aromatic N) is 2. The van der Waals surface area contributed by atoms with Crippen LogP contribution in [-0.2, 0) is 25.7 Å². The van der Waals surface area contributed by atoms with E-state index in [1.54, 1.807) is 16.8 Å². The number of hydrogen-bond acceptors (Lipinski definition) is 2. The van der Waals surface area contributed by atoms with Gasteiger partial charge in [-0.2, -0.15) is 18.3 Å². The van der Waals surface area contributed by atoms with Crippen LogP contribution in [-0.4, -0.2) is 16.3 Å². The summed E-state index contributed by atoms with van der Waals surface area (Å²) in [7, 11) is 0. The van der Waals surface area contributed by atoms with E-state index >= 15 is 0 Å².